The Morgan fingerprint density at radius 2 is 1.70 bits per heavy atom. The average molecular weight is 829 g/mol. The molecular weight excluding hydrogens is 765 g/mol. The lowest BCUT2D eigenvalue weighted by Crippen LogP contribution is -2.64. The first-order chi connectivity index (χ1) is 26.4. The van der Waals surface area contributed by atoms with Crippen LogP contribution in [0.15, 0.2) is 23.3 Å². The smallest absolute Gasteiger partial charge is 0.397 e. The molecule has 0 unspecified atom stereocenters. The van der Waals surface area contributed by atoms with Gasteiger partial charge in [0.15, 0.2) is 12.6 Å². The average Bonchev–Trinajstić information content (AvgIpc) is 3.54. The molecule has 0 aromatic rings. The quantitative estimate of drug-likeness (QED) is 0.106. The Bertz CT molecular complexity index is 1720. The number of carbonyl (C=O) groups excluding carboxylic acids is 1. The van der Waals surface area contributed by atoms with Gasteiger partial charge in [-0.2, -0.15) is 8.42 Å². The number of rotatable bonds is 10. The van der Waals surface area contributed by atoms with E-state index in [2.05, 4.69) is 39.8 Å². The van der Waals surface area contributed by atoms with E-state index in [1.54, 1.807) is 0 Å². The predicted octanol–water partition coefficient (Wildman–Crippen LogP) is 3.11. The Morgan fingerprint density at radius 3 is 2.37 bits per heavy atom. The Balaban J connectivity index is 1.13. The van der Waals surface area contributed by atoms with Crippen LogP contribution in [0.25, 0.3) is 0 Å². The SMILES string of the molecule is CC(C)=CCC[C@](C)(O)[C@H]1[C@@H]2C[C@@]3(C)C4=CC[C@H]5C(C)(C)[C@@H](O[C@@H]6OC[C@@H](OS(=O)(=O)O)[C@H](O)[C@H]6O[C@@H]6O[C@H](C)[C@@H](O)[C@H](O)[C@H]6O)CC[C@]5(C)[C@@H]4CC[C@]13C(=O)O2. The zero-order chi connectivity index (χ0) is 41.8. The normalized spacial score (nSPS) is 48.8. The number of allylic oxidation sites excluding steroid dienone is 4. The molecule has 0 aromatic heterocycles. The highest BCUT2D eigenvalue weighted by Crippen LogP contribution is 2.76. The topological polar surface area (TPSA) is 228 Å². The zero-order valence-corrected chi connectivity index (χ0v) is 35.2. The van der Waals surface area contributed by atoms with Crippen molar-refractivity contribution in [1.82, 2.24) is 0 Å². The molecule has 6 fully saturated rings. The summed E-state index contributed by atoms with van der Waals surface area (Å²) in [6, 6.07) is 0. The molecule has 3 heterocycles. The van der Waals surface area contributed by atoms with Crippen molar-refractivity contribution in [2.24, 2.45) is 39.4 Å². The van der Waals surface area contributed by atoms with Crippen LogP contribution in [-0.2, 0) is 43.1 Å². The largest absolute Gasteiger partial charge is 0.461 e. The molecule has 3 saturated heterocycles. The fourth-order valence-electron chi connectivity index (χ4n) is 12.9. The number of aliphatic hydroxyl groups excluding tert-OH is 4. The highest BCUT2D eigenvalue weighted by Gasteiger charge is 2.78. The molecule has 2 bridgehead atoms. The van der Waals surface area contributed by atoms with Crippen LogP contribution in [0.3, 0.4) is 0 Å². The first kappa shape index (κ1) is 43.5. The van der Waals surface area contributed by atoms with Crippen LogP contribution >= 0.6 is 0 Å². The molecule has 7 rings (SSSR count). The summed E-state index contributed by atoms with van der Waals surface area (Å²) in [6.45, 7) is 15.8. The lowest BCUT2D eigenvalue weighted by atomic mass is 9.40. The second-order valence-corrected chi connectivity index (χ2v) is 20.7. The Hall–Kier alpha value is -1.54. The number of esters is 1. The number of carbonyl (C=O) groups is 1. The van der Waals surface area contributed by atoms with Crippen LogP contribution in [0.4, 0.5) is 0 Å². The molecule has 0 aromatic carbocycles. The van der Waals surface area contributed by atoms with Crippen molar-refractivity contribution in [2.75, 3.05) is 6.61 Å². The third-order valence-electron chi connectivity index (χ3n) is 15.7. The monoisotopic (exact) mass is 828 g/mol. The van der Waals surface area contributed by atoms with Gasteiger partial charge in [-0.05, 0) is 102 Å². The van der Waals surface area contributed by atoms with Crippen LogP contribution in [0.2, 0.25) is 0 Å². The van der Waals surface area contributed by atoms with E-state index in [-0.39, 0.29) is 35.2 Å². The van der Waals surface area contributed by atoms with E-state index in [0.29, 0.717) is 25.7 Å². The van der Waals surface area contributed by atoms with Gasteiger partial charge in [-0.15, -0.1) is 0 Å². The number of hydrogen-bond donors (Lipinski definition) is 6. The summed E-state index contributed by atoms with van der Waals surface area (Å²) in [5.74, 6) is -0.180. The summed E-state index contributed by atoms with van der Waals surface area (Å²) in [4.78, 5) is 14.0. The van der Waals surface area contributed by atoms with E-state index >= 15 is 0 Å². The molecule has 1 spiro atoms. The number of aliphatic hydroxyl groups is 5. The minimum atomic E-state index is -5.01. The fraction of sp³-hybridized carbons (Fsp3) is 0.878. The zero-order valence-electron chi connectivity index (χ0n) is 34.4. The van der Waals surface area contributed by atoms with E-state index in [1.165, 1.54) is 18.1 Å². The molecule has 18 atom stereocenters. The summed E-state index contributed by atoms with van der Waals surface area (Å²) in [6.07, 6.45) is -4.36. The molecule has 57 heavy (non-hydrogen) atoms. The van der Waals surface area contributed by atoms with Gasteiger partial charge in [-0.1, -0.05) is 51.0 Å². The Labute approximate surface area is 336 Å². The standard InChI is InChI=1S/C41H64O15S/c1-20(2)10-9-15-40(8,47)33-24-18-39(7)23-11-12-26-37(4,5)27(14-16-38(26,6)22(23)13-17-41(33,39)36(46)53-24)54-35-32(29(43)25(19-51-35)56-57(48,49)50)55-34-31(45)30(44)28(42)21(3)52-34/h10-11,21-22,24-35,42-45,47H,9,12-19H2,1-8H3,(H,48,49,50)/t21-,22-,24+,25-,26+,27+,28-,29+,30+,31-,32-,33-,34+,35+,38-,39+,40+,41-/m1/s1. The van der Waals surface area contributed by atoms with E-state index in [0.717, 1.165) is 25.7 Å². The number of hydrogen-bond acceptors (Lipinski definition) is 14. The molecule has 3 aliphatic heterocycles. The lowest BCUT2D eigenvalue weighted by Gasteiger charge is -2.64. The second-order valence-electron chi connectivity index (χ2n) is 19.7. The predicted molar refractivity (Wildman–Crippen MR) is 202 cm³/mol. The van der Waals surface area contributed by atoms with Crippen LogP contribution in [-0.4, -0.2) is 124 Å². The number of fused-ring (bicyclic) bond motifs is 5. The Kier molecular flexibility index (Phi) is 11.3. The fourth-order valence-corrected chi connectivity index (χ4v) is 13.4. The summed E-state index contributed by atoms with van der Waals surface area (Å²) < 4.78 is 67.7. The molecule has 7 aliphatic rings. The third-order valence-corrected chi connectivity index (χ3v) is 16.2. The van der Waals surface area contributed by atoms with Crippen molar-refractivity contribution in [1.29, 1.82) is 0 Å². The van der Waals surface area contributed by atoms with Crippen molar-refractivity contribution >= 4 is 16.4 Å². The third kappa shape index (κ3) is 6.99. The summed E-state index contributed by atoms with van der Waals surface area (Å²) >= 11 is 0. The van der Waals surface area contributed by atoms with Gasteiger partial charge >= 0.3 is 16.4 Å². The molecule has 6 N–H and O–H groups in total. The van der Waals surface area contributed by atoms with E-state index in [4.69, 9.17) is 27.9 Å². The van der Waals surface area contributed by atoms with Gasteiger partial charge < -0.3 is 49.2 Å². The highest BCUT2D eigenvalue weighted by molar-refractivity contribution is 7.80. The van der Waals surface area contributed by atoms with Crippen molar-refractivity contribution in [3.8, 4) is 0 Å². The van der Waals surface area contributed by atoms with Crippen LogP contribution < -0.4 is 0 Å². The molecule has 15 nitrogen and oxygen atoms in total. The van der Waals surface area contributed by atoms with Gasteiger partial charge in [0.1, 0.15) is 42.7 Å². The van der Waals surface area contributed by atoms with Crippen molar-refractivity contribution < 1.29 is 71.2 Å². The molecule has 16 heteroatoms. The second kappa shape index (κ2) is 14.8. The summed E-state index contributed by atoms with van der Waals surface area (Å²) in [5.41, 5.74) is -0.506. The highest BCUT2D eigenvalue weighted by atomic mass is 32.3. The van der Waals surface area contributed by atoms with Crippen LogP contribution in [0.1, 0.15) is 107 Å². The van der Waals surface area contributed by atoms with Crippen LogP contribution in [0.5, 0.6) is 0 Å². The van der Waals surface area contributed by atoms with Gasteiger partial charge in [0.2, 0.25) is 0 Å². The minimum absolute atomic E-state index is 0.119. The maximum atomic E-state index is 14.0. The maximum absolute atomic E-state index is 14.0. The molecule has 0 amide bonds. The summed E-state index contributed by atoms with van der Waals surface area (Å²) in [5, 5.41) is 54.8. The molecule has 3 saturated carbocycles. The summed E-state index contributed by atoms with van der Waals surface area (Å²) in [7, 11) is -5.01. The molecular formula is C41H64O15S. The molecule has 0 radical (unpaired) electrons. The lowest BCUT2D eigenvalue weighted by molar-refractivity contribution is -0.362. The van der Waals surface area contributed by atoms with Gasteiger partial charge in [-0.3, -0.25) is 9.35 Å². The van der Waals surface area contributed by atoms with Crippen molar-refractivity contribution in [2.45, 2.75) is 180 Å². The maximum Gasteiger partial charge on any atom is 0.397 e. The molecule has 4 aliphatic carbocycles. The van der Waals surface area contributed by atoms with Gasteiger partial charge in [0.25, 0.3) is 0 Å². The van der Waals surface area contributed by atoms with Crippen molar-refractivity contribution in [3.63, 3.8) is 0 Å². The first-order valence-electron chi connectivity index (χ1n) is 20.6. The molecule has 324 valence electrons. The van der Waals surface area contributed by atoms with Gasteiger partial charge in [0, 0.05) is 11.3 Å². The minimum Gasteiger partial charge on any atom is -0.461 e. The number of ether oxygens (including phenoxy) is 5. The van der Waals surface area contributed by atoms with E-state index in [9.17, 15) is 43.3 Å². The van der Waals surface area contributed by atoms with Gasteiger partial charge in [-0.25, -0.2) is 4.18 Å². The first-order valence-corrected chi connectivity index (χ1v) is 22.0. The Morgan fingerprint density at radius 1 is 1.00 bits per heavy atom. The van der Waals surface area contributed by atoms with Crippen molar-refractivity contribution in [3.05, 3.63) is 23.3 Å². The van der Waals surface area contributed by atoms with E-state index < -0.39 is 100 Å². The van der Waals surface area contributed by atoms with E-state index in [1.807, 2.05) is 20.8 Å². The van der Waals surface area contributed by atoms with Gasteiger partial charge in [0.05, 0.1) is 29.8 Å². The van der Waals surface area contributed by atoms with Crippen LogP contribution in [0, 0.1) is 39.4 Å².